The fourth-order valence-electron chi connectivity index (χ4n) is 1.61. The predicted octanol–water partition coefficient (Wildman–Crippen LogP) is 1.76. The summed E-state index contributed by atoms with van der Waals surface area (Å²) in [7, 11) is 1.61. The van der Waals surface area contributed by atoms with Gasteiger partial charge in [0.05, 0.1) is 0 Å². The number of aliphatic carboxylic acids is 1. The molecule has 0 aromatic carbocycles. The second-order valence-corrected chi connectivity index (χ2v) is 4.40. The maximum absolute atomic E-state index is 11.8. The first-order chi connectivity index (χ1) is 8.76. The number of hydrogen-bond donors (Lipinski definition) is 2. The first kappa shape index (κ1) is 17.2. The van der Waals surface area contributed by atoms with E-state index in [2.05, 4.69) is 5.32 Å². The maximum atomic E-state index is 11.8. The third kappa shape index (κ3) is 4.73. The largest absolute Gasteiger partial charge is 0.478 e. The lowest BCUT2D eigenvalue weighted by atomic mass is 10.1. The van der Waals surface area contributed by atoms with Crippen molar-refractivity contribution in [2.45, 2.75) is 46.6 Å². The zero-order chi connectivity index (χ0) is 15.2. The molecule has 0 heterocycles. The zero-order valence-corrected chi connectivity index (χ0v) is 12.1. The van der Waals surface area contributed by atoms with Gasteiger partial charge in [-0.2, -0.15) is 0 Å². The van der Waals surface area contributed by atoms with Crippen LogP contribution in [0.25, 0.3) is 0 Å². The Labute approximate surface area is 113 Å². The van der Waals surface area contributed by atoms with E-state index in [9.17, 15) is 14.4 Å². The minimum Gasteiger partial charge on any atom is -0.478 e. The standard InChI is InChI=1S/C13H22N2O4/c1-6-10(7-2)15(5)13(19)14-11(16)8(3)9(4)12(17)18/h10H,6-7H2,1-5H3,(H,17,18)(H,14,16,19). The highest BCUT2D eigenvalue weighted by Gasteiger charge is 2.20. The van der Waals surface area contributed by atoms with Crippen LogP contribution in [0.1, 0.15) is 40.5 Å². The summed E-state index contributed by atoms with van der Waals surface area (Å²) >= 11 is 0. The molecule has 0 saturated heterocycles. The molecule has 2 N–H and O–H groups in total. The normalized spacial score (nSPS) is 11.9. The molecule has 0 aliphatic carbocycles. The fraction of sp³-hybridized carbons (Fsp3) is 0.615. The molecular weight excluding hydrogens is 248 g/mol. The summed E-state index contributed by atoms with van der Waals surface area (Å²) in [5, 5.41) is 11.0. The number of urea groups is 1. The lowest BCUT2D eigenvalue weighted by Crippen LogP contribution is -2.45. The summed E-state index contributed by atoms with van der Waals surface area (Å²) in [6.45, 7) is 6.62. The van der Waals surface area contributed by atoms with Gasteiger partial charge in [0.15, 0.2) is 0 Å². The molecule has 0 aromatic heterocycles. The molecule has 0 rings (SSSR count). The van der Waals surface area contributed by atoms with Crippen LogP contribution in [0.4, 0.5) is 4.79 Å². The predicted molar refractivity (Wildman–Crippen MR) is 71.7 cm³/mol. The number of carbonyl (C=O) groups is 3. The molecule has 0 radical (unpaired) electrons. The Morgan fingerprint density at radius 2 is 1.58 bits per heavy atom. The molecule has 6 nitrogen and oxygen atoms in total. The molecule has 0 saturated carbocycles. The van der Waals surface area contributed by atoms with Crippen molar-refractivity contribution in [2.75, 3.05) is 7.05 Å². The summed E-state index contributed by atoms with van der Waals surface area (Å²) in [6.07, 6.45) is 1.58. The zero-order valence-electron chi connectivity index (χ0n) is 12.1. The molecule has 0 fully saturated rings. The number of imide groups is 1. The average molecular weight is 270 g/mol. The summed E-state index contributed by atoms with van der Waals surface area (Å²) in [6, 6.07) is -0.464. The van der Waals surface area contributed by atoms with Gasteiger partial charge in [-0.15, -0.1) is 0 Å². The Kier molecular flexibility index (Phi) is 6.82. The quantitative estimate of drug-likeness (QED) is 0.745. The van der Waals surface area contributed by atoms with Gasteiger partial charge in [0, 0.05) is 24.2 Å². The number of rotatable bonds is 5. The van der Waals surface area contributed by atoms with E-state index in [1.54, 1.807) is 7.05 Å². The molecule has 19 heavy (non-hydrogen) atoms. The van der Waals surface area contributed by atoms with Crippen molar-refractivity contribution in [1.82, 2.24) is 10.2 Å². The third-order valence-corrected chi connectivity index (χ3v) is 3.25. The molecule has 0 atom stereocenters. The van der Waals surface area contributed by atoms with Crippen LogP contribution in [0.2, 0.25) is 0 Å². The number of carbonyl (C=O) groups excluding carboxylic acids is 2. The number of hydrogen-bond acceptors (Lipinski definition) is 3. The van der Waals surface area contributed by atoms with Crippen molar-refractivity contribution in [2.24, 2.45) is 0 Å². The molecular formula is C13H22N2O4. The molecule has 0 bridgehead atoms. The van der Waals surface area contributed by atoms with E-state index >= 15 is 0 Å². The second kappa shape index (κ2) is 7.56. The van der Waals surface area contributed by atoms with E-state index in [0.29, 0.717) is 0 Å². The van der Waals surface area contributed by atoms with Crippen molar-refractivity contribution >= 4 is 17.9 Å². The highest BCUT2D eigenvalue weighted by atomic mass is 16.4. The Balaban J connectivity index is 4.79. The van der Waals surface area contributed by atoms with Crippen molar-refractivity contribution in [1.29, 1.82) is 0 Å². The Bertz CT molecular complexity index is 397. The van der Waals surface area contributed by atoms with E-state index in [1.807, 2.05) is 13.8 Å². The van der Waals surface area contributed by atoms with Crippen LogP contribution in [-0.4, -0.2) is 41.0 Å². The Hall–Kier alpha value is -1.85. The highest BCUT2D eigenvalue weighted by Crippen LogP contribution is 2.07. The van der Waals surface area contributed by atoms with Gasteiger partial charge in [0.25, 0.3) is 5.91 Å². The monoisotopic (exact) mass is 270 g/mol. The van der Waals surface area contributed by atoms with E-state index in [-0.39, 0.29) is 17.2 Å². The first-order valence-electron chi connectivity index (χ1n) is 6.25. The second-order valence-electron chi connectivity index (χ2n) is 4.40. The van der Waals surface area contributed by atoms with Crippen molar-refractivity contribution in [3.05, 3.63) is 11.1 Å². The van der Waals surface area contributed by atoms with E-state index in [1.165, 1.54) is 18.7 Å². The van der Waals surface area contributed by atoms with Gasteiger partial charge in [-0.3, -0.25) is 10.1 Å². The van der Waals surface area contributed by atoms with Gasteiger partial charge >= 0.3 is 12.0 Å². The van der Waals surface area contributed by atoms with Crippen LogP contribution in [0.5, 0.6) is 0 Å². The molecule has 0 aliphatic heterocycles. The van der Waals surface area contributed by atoms with E-state index in [4.69, 9.17) is 5.11 Å². The van der Waals surface area contributed by atoms with Gasteiger partial charge < -0.3 is 10.0 Å². The Morgan fingerprint density at radius 1 is 1.11 bits per heavy atom. The maximum Gasteiger partial charge on any atom is 0.331 e. The van der Waals surface area contributed by atoms with Crippen LogP contribution < -0.4 is 5.32 Å². The lowest BCUT2D eigenvalue weighted by molar-refractivity contribution is -0.133. The van der Waals surface area contributed by atoms with Gasteiger partial charge in [-0.25, -0.2) is 9.59 Å². The number of carboxylic acids is 1. The van der Waals surface area contributed by atoms with Crippen molar-refractivity contribution in [3.8, 4) is 0 Å². The average Bonchev–Trinajstić information content (AvgIpc) is 2.37. The lowest BCUT2D eigenvalue weighted by Gasteiger charge is -2.26. The highest BCUT2D eigenvalue weighted by molar-refractivity contribution is 6.07. The molecule has 6 heteroatoms. The molecule has 0 aromatic rings. The van der Waals surface area contributed by atoms with Crippen LogP contribution in [0.15, 0.2) is 11.1 Å². The SMILES string of the molecule is CCC(CC)N(C)C(=O)NC(=O)C(C)=C(C)C(=O)O. The molecule has 3 amide bonds. The van der Waals surface area contributed by atoms with Crippen molar-refractivity contribution < 1.29 is 19.5 Å². The number of amides is 3. The van der Waals surface area contributed by atoms with Crippen molar-refractivity contribution in [3.63, 3.8) is 0 Å². The smallest absolute Gasteiger partial charge is 0.331 e. The summed E-state index contributed by atoms with van der Waals surface area (Å²) in [4.78, 5) is 35.7. The topological polar surface area (TPSA) is 86.7 Å². The van der Waals surface area contributed by atoms with E-state index in [0.717, 1.165) is 12.8 Å². The number of nitrogens with zero attached hydrogens (tertiary/aromatic N) is 1. The summed E-state index contributed by atoms with van der Waals surface area (Å²) < 4.78 is 0. The van der Waals surface area contributed by atoms with Crippen LogP contribution in [-0.2, 0) is 9.59 Å². The summed E-state index contributed by atoms with van der Waals surface area (Å²) in [5.41, 5.74) is -0.0470. The Morgan fingerprint density at radius 3 is 1.95 bits per heavy atom. The van der Waals surface area contributed by atoms with Crippen LogP contribution in [0, 0.1) is 0 Å². The molecule has 0 spiro atoms. The van der Waals surface area contributed by atoms with Gasteiger partial charge in [-0.1, -0.05) is 13.8 Å². The minimum absolute atomic E-state index is 0.0267. The van der Waals surface area contributed by atoms with Crippen LogP contribution >= 0.6 is 0 Å². The number of nitrogens with one attached hydrogen (secondary N) is 1. The van der Waals surface area contributed by atoms with Gasteiger partial charge in [0.1, 0.15) is 0 Å². The third-order valence-electron chi connectivity index (χ3n) is 3.25. The molecule has 0 unspecified atom stereocenters. The minimum atomic E-state index is -1.17. The number of carboxylic acid groups (broad SMARTS) is 1. The van der Waals surface area contributed by atoms with Gasteiger partial charge in [-0.05, 0) is 26.7 Å². The van der Waals surface area contributed by atoms with Crippen LogP contribution in [0.3, 0.4) is 0 Å². The first-order valence-corrected chi connectivity index (χ1v) is 6.25. The van der Waals surface area contributed by atoms with E-state index < -0.39 is 17.9 Å². The van der Waals surface area contributed by atoms with Gasteiger partial charge in [0.2, 0.25) is 0 Å². The fourth-order valence-corrected chi connectivity index (χ4v) is 1.61. The molecule has 108 valence electrons. The summed E-state index contributed by atoms with van der Waals surface area (Å²) in [5.74, 6) is -1.85. The molecule has 0 aliphatic rings.